The van der Waals surface area contributed by atoms with Gasteiger partial charge in [-0.1, -0.05) is 13.8 Å². The van der Waals surface area contributed by atoms with Crippen molar-refractivity contribution >= 4 is 11.8 Å². The van der Waals surface area contributed by atoms with Crippen LogP contribution in [0.25, 0.3) is 0 Å². The molecule has 0 aromatic heterocycles. The highest BCUT2D eigenvalue weighted by Gasteiger charge is 2.48. The molecule has 0 aromatic carbocycles. The van der Waals surface area contributed by atoms with Crippen LogP contribution in [0.2, 0.25) is 0 Å². The van der Waals surface area contributed by atoms with E-state index in [1.807, 2.05) is 0 Å². The first-order valence-electron chi connectivity index (χ1n) is 16.1. The molecule has 3 atom stereocenters. The van der Waals surface area contributed by atoms with Crippen LogP contribution in [-0.2, 0) is 42.7 Å². The molecule has 43 heavy (non-hydrogen) atoms. The second-order valence-electron chi connectivity index (χ2n) is 11.2. The molecule has 248 valence electrons. The van der Waals surface area contributed by atoms with E-state index in [1.54, 1.807) is 0 Å². The predicted molar refractivity (Wildman–Crippen MR) is 163 cm³/mol. The maximum absolute atomic E-state index is 12.0. The van der Waals surface area contributed by atoms with Gasteiger partial charge in [-0.2, -0.15) is 0 Å². The summed E-state index contributed by atoms with van der Waals surface area (Å²) in [6.45, 7) is 12.2. The van der Waals surface area contributed by atoms with Crippen molar-refractivity contribution in [3.05, 3.63) is 0 Å². The van der Waals surface area contributed by atoms with E-state index in [1.165, 1.54) is 12.8 Å². The highest BCUT2D eigenvalue weighted by molar-refractivity contribution is 5.76. The van der Waals surface area contributed by atoms with Crippen LogP contribution >= 0.6 is 0 Å². The van der Waals surface area contributed by atoms with Crippen LogP contribution in [0.1, 0.15) is 52.4 Å². The highest BCUT2D eigenvalue weighted by atomic mass is 16.6. The van der Waals surface area contributed by atoms with Crippen LogP contribution in [0.15, 0.2) is 0 Å². The van der Waals surface area contributed by atoms with Gasteiger partial charge in [0.15, 0.2) is 0 Å². The topological polar surface area (TPSA) is 123 Å². The van der Waals surface area contributed by atoms with E-state index in [4.69, 9.17) is 33.2 Å². The van der Waals surface area contributed by atoms with Crippen molar-refractivity contribution in [1.29, 1.82) is 0 Å². The van der Waals surface area contributed by atoms with Crippen LogP contribution in [-0.4, -0.2) is 117 Å². The number of ether oxygens (including phenoxy) is 7. The van der Waals surface area contributed by atoms with E-state index >= 15 is 0 Å². The van der Waals surface area contributed by atoms with Crippen molar-refractivity contribution in [2.45, 2.75) is 52.4 Å². The molecule has 1 fully saturated rings. The average molecular weight is 613 g/mol. The van der Waals surface area contributed by atoms with Gasteiger partial charge < -0.3 is 43.8 Å². The van der Waals surface area contributed by atoms with Gasteiger partial charge in [0.2, 0.25) is 11.8 Å². The molecule has 0 saturated heterocycles. The standard InChI is InChI=1S/C32H56N2O9/c1-27(2)25-34-32(36)9-12-37-15-17-39-19-21-41-23-24-42-22-20-40-18-16-38-14-11-33-31(35)10-13-43-26-30-28-7-5-3-4-6-8-29(28)30/h27-30H,5-26H2,1-2H3,(H,33,35)(H,34,36)/t28-,29+,30?. The number of carbonyl (C=O) groups excluding carboxylic acids is 2. The predicted octanol–water partition coefficient (Wildman–Crippen LogP) is 2.21. The first-order chi connectivity index (χ1) is 21.1. The average Bonchev–Trinajstić information content (AvgIpc) is 3.63. The summed E-state index contributed by atoms with van der Waals surface area (Å²) < 4.78 is 38.5. The van der Waals surface area contributed by atoms with Crippen LogP contribution in [0.3, 0.4) is 0 Å². The summed E-state index contributed by atoms with van der Waals surface area (Å²) in [5.41, 5.74) is 0. The zero-order valence-corrected chi connectivity index (χ0v) is 26.5. The fourth-order valence-electron chi connectivity index (χ4n) is 4.79. The summed E-state index contributed by atoms with van der Waals surface area (Å²) >= 11 is 0. The highest BCUT2D eigenvalue weighted by Crippen LogP contribution is 2.52. The minimum absolute atomic E-state index is 0.00956. The minimum Gasteiger partial charge on any atom is -0.381 e. The Labute approximate surface area is 258 Å². The Bertz CT molecular complexity index is 769. The second kappa shape index (κ2) is 25.5. The number of nitrogens with one attached hydrogen (secondary N) is 2. The fourth-order valence-corrected chi connectivity index (χ4v) is 4.79. The lowest BCUT2D eigenvalue weighted by molar-refractivity contribution is -0.123. The van der Waals surface area contributed by atoms with Crippen molar-refractivity contribution in [1.82, 2.24) is 10.6 Å². The second-order valence-corrected chi connectivity index (χ2v) is 11.2. The molecule has 2 amide bonds. The van der Waals surface area contributed by atoms with Gasteiger partial charge in [-0.25, -0.2) is 0 Å². The Balaban J connectivity index is 1.20. The molecule has 0 bridgehead atoms. The third-order valence-electron chi connectivity index (χ3n) is 7.23. The SMILES string of the molecule is CC(C)CNC(=O)CCOCCOCCOCCOCCOCCOCCNC(=O)CCOCC1[C@H]2CCC#CCC[C@@H]12. The van der Waals surface area contributed by atoms with Crippen LogP contribution < -0.4 is 10.6 Å². The van der Waals surface area contributed by atoms with E-state index in [0.29, 0.717) is 124 Å². The maximum atomic E-state index is 12.0. The zero-order chi connectivity index (χ0) is 30.8. The molecule has 2 aliphatic carbocycles. The van der Waals surface area contributed by atoms with Crippen molar-refractivity contribution in [3.8, 4) is 11.8 Å². The fraction of sp³-hybridized carbons (Fsp3) is 0.875. The number of carbonyl (C=O) groups is 2. The minimum atomic E-state index is -0.00956. The summed E-state index contributed by atoms with van der Waals surface area (Å²) in [5, 5.41) is 5.72. The first-order valence-corrected chi connectivity index (χ1v) is 16.1. The summed E-state index contributed by atoms with van der Waals surface area (Å²) in [7, 11) is 0. The summed E-state index contributed by atoms with van der Waals surface area (Å²) in [6, 6.07) is 0. The lowest BCUT2D eigenvalue weighted by Gasteiger charge is -2.09. The first kappa shape index (κ1) is 37.4. The van der Waals surface area contributed by atoms with Gasteiger partial charge in [0.1, 0.15) is 0 Å². The van der Waals surface area contributed by atoms with E-state index < -0.39 is 0 Å². The Morgan fingerprint density at radius 1 is 0.605 bits per heavy atom. The lowest BCUT2D eigenvalue weighted by atomic mass is 10.1. The Hall–Kier alpha value is -1.78. The van der Waals surface area contributed by atoms with Gasteiger partial charge in [0.05, 0.1) is 85.9 Å². The van der Waals surface area contributed by atoms with Gasteiger partial charge >= 0.3 is 0 Å². The summed E-state index contributed by atoms with van der Waals surface area (Å²) in [5.74, 6) is 9.12. The lowest BCUT2D eigenvalue weighted by Crippen LogP contribution is -2.28. The molecule has 1 unspecified atom stereocenters. The van der Waals surface area contributed by atoms with Gasteiger partial charge in [-0.15, -0.1) is 11.8 Å². The molecule has 2 N–H and O–H groups in total. The number of hydrogen-bond donors (Lipinski definition) is 2. The number of rotatable bonds is 28. The number of hydrogen-bond acceptors (Lipinski definition) is 9. The normalized spacial score (nSPS) is 19.2. The molecule has 0 aliphatic heterocycles. The molecule has 2 aliphatic rings. The third-order valence-corrected chi connectivity index (χ3v) is 7.23. The molecule has 0 radical (unpaired) electrons. The van der Waals surface area contributed by atoms with Crippen molar-refractivity contribution in [3.63, 3.8) is 0 Å². The molecular formula is C32H56N2O9. The molecule has 0 spiro atoms. The molecule has 11 heteroatoms. The molecular weight excluding hydrogens is 556 g/mol. The van der Waals surface area contributed by atoms with Crippen LogP contribution in [0.5, 0.6) is 0 Å². The van der Waals surface area contributed by atoms with Crippen molar-refractivity contribution in [2.75, 3.05) is 106 Å². The van der Waals surface area contributed by atoms with E-state index in [0.717, 1.165) is 31.3 Å². The molecule has 0 aromatic rings. The van der Waals surface area contributed by atoms with Crippen molar-refractivity contribution < 1.29 is 42.7 Å². The Morgan fingerprint density at radius 3 is 1.51 bits per heavy atom. The molecule has 11 nitrogen and oxygen atoms in total. The van der Waals surface area contributed by atoms with E-state index in [9.17, 15) is 9.59 Å². The van der Waals surface area contributed by atoms with Crippen LogP contribution in [0.4, 0.5) is 0 Å². The summed E-state index contributed by atoms with van der Waals surface area (Å²) in [6.07, 6.45) is 5.16. The number of fused-ring (bicyclic) bond motifs is 1. The summed E-state index contributed by atoms with van der Waals surface area (Å²) in [4.78, 5) is 23.5. The molecule has 1 saturated carbocycles. The number of amides is 2. The van der Waals surface area contributed by atoms with Gasteiger partial charge in [0.25, 0.3) is 0 Å². The van der Waals surface area contributed by atoms with E-state index in [2.05, 4.69) is 36.3 Å². The quantitative estimate of drug-likeness (QED) is 0.101. The smallest absolute Gasteiger partial charge is 0.222 e. The van der Waals surface area contributed by atoms with Crippen molar-refractivity contribution in [2.24, 2.45) is 23.7 Å². The molecule has 0 heterocycles. The Morgan fingerprint density at radius 2 is 1.02 bits per heavy atom. The van der Waals surface area contributed by atoms with Gasteiger partial charge in [0, 0.05) is 45.4 Å². The zero-order valence-electron chi connectivity index (χ0n) is 26.5. The van der Waals surface area contributed by atoms with E-state index in [-0.39, 0.29) is 11.8 Å². The van der Waals surface area contributed by atoms with Crippen LogP contribution in [0, 0.1) is 35.5 Å². The van der Waals surface area contributed by atoms with Gasteiger partial charge in [-0.3, -0.25) is 9.59 Å². The maximum Gasteiger partial charge on any atom is 0.222 e. The Kier molecular flexibility index (Phi) is 22.2. The van der Waals surface area contributed by atoms with Gasteiger partial charge in [-0.05, 0) is 36.5 Å². The third kappa shape index (κ3) is 20.7. The molecule has 2 rings (SSSR count). The largest absolute Gasteiger partial charge is 0.381 e. The monoisotopic (exact) mass is 612 g/mol.